The first-order chi connectivity index (χ1) is 16.0. The summed E-state index contributed by atoms with van der Waals surface area (Å²) in [6.07, 6.45) is 0.593. The maximum absolute atomic E-state index is 13.5. The van der Waals surface area contributed by atoms with Crippen LogP contribution in [0.1, 0.15) is 22.3 Å². The van der Waals surface area contributed by atoms with Crippen molar-refractivity contribution in [2.45, 2.75) is 20.3 Å². The second-order valence-electron chi connectivity index (χ2n) is 8.24. The van der Waals surface area contributed by atoms with Crippen LogP contribution in [0.25, 0.3) is 5.57 Å². The third-order valence-corrected chi connectivity index (χ3v) is 6.07. The van der Waals surface area contributed by atoms with Crippen molar-refractivity contribution in [3.05, 3.63) is 94.7 Å². The van der Waals surface area contributed by atoms with Crippen LogP contribution >= 0.6 is 0 Å². The van der Waals surface area contributed by atoms with E-state index in [-0.39, 0.29) is 24.3 Å². The van der Waals surface area contributed by atoms with Gasteiger partial charge in [0.1, 0.15) is 5.70 Å². The first kappa shape index (κ1) is 20.8. The van der Waals surface area contributed by atoms with Crippen LogP contribution in [-0.2, 0) is 16.0 Å². The van der Waals surface area contributed by atoms with Crippen molar-refractivity contribution in [1.29, 1.82) is 0 Å². The number of benzene rings is 3. The molecule has 0 spiro atoms. The summed E-state index contributed by atoms with van der Waals surface area (Å²) in [6.45, 7) is 4.49. The molecule has 0 aromatic heterocycles. The van der Waals surface area contributed by atoms with Gasteiger partial charge in [0, 0.05) is 18.3 Å². The molecule has 6 nitrogen and oxygen atoms in total. The lowest BCUT2D eigenvalue weighted by Gasteiger charge is -2.15. The molecule has 0 radical (unpaired) electrons. The standard InChI is InChI=1S/C27H24N2O4/c1-17-8-9-20(14-18(17)2)24-25(28-21-10-11-22-23(15-21)33-16-32-22)27(31)29(26(24)30)13-12-19-6-4-3-5-7-19/h3-11,14-15,28H,12-13,16H2,1-2H3. The fourth-order valence-corrected chi connectivity index (χ4v) is 4.06. The largest absolute Gasteiger partial charge is 0.454 e. The molecule has 3 aromatic carbocycles. The van der Waals surface area contributed by atoms with Crippen LogP contribution in [0.3, 0.4) is 0 Å². The third kappa shape index (κ3) is 3.96. The summed E-state index contributed by atoms with van der Waals surface area (Å²) in [5.41, 5.74) is 5.29. The highest BCUT2D eigenvalue weighted by molar-refractivity contribution is 6.36. The molecule has 0 atom stereocenters. The Morgan fingerprint density at radius 2 is 1.64 bits per heavy atom. The molecule has 2 amide bonds. The number of anilines is 1. The summed E-state index contributed by atoms with van der Waals surface area (Å²) in [4.78, 5) is 28.3. The predicted molar refractivity (Wildman–Crippen MR) is 126 cm³/mol. The molecular formula is C27H24N2O4. The molecule has 0 unspecified atom stereocenters. The molecule has 166 valence electrons. The Morgan fingerprint density at radius 3 is 2.42 bits per heavy atom. The quantitative estimate of drug-likeness (QED) is 0.573. The van der Waals surface area contributed by atoms with Crippen LogP contribution in [0, 0.1) is 13.8 Å². The normalized spacial score (nSPS) is 14.9. The van der Waals surface area contributed by atoms with Crippen molar-refractivity contribution in [1.82, 2.24) is 4.90 Å². The van der Waals surface area contributed by atoms with Crippen molar-refractivity contribution >= 4 is 23.1 Å². The number of amides is 2. The van der Waals surface area contributed by atoms with Crippen molar-refractivity contribution in [2.24, 2.45) is 0 Å². The lowest BCUT2D eigenvalue weighted by Crippen LogP contribution is -2.34. The molecular weight excluding hydrogens is 416 g/mol. The number of imide groups is 1. The smallest absolute Gasteiger partial charge is 0.278 e. The molecule has 3 aromatic rings. The topological polar surface area (TPSA) is 67.9 Å². The van der Waals surface area contributed by atoms with E-state index < -0.39 is 0 Å². The molecule has 0 bridgehead atoms. The van der Waals surface area contributed by atoms with E-state index in [0.29, 0.717) is 35.7 Å². The average Bonchev–Trinajstić information content (AvgIpc) is 3.37. The molecule has 2 aliphatic rings. The molecule has 2 heterocycles. The van der Waals surface area contributed by atoms with Gasteiger partial charge in [0.15, 0.2) is 11.5 Å². The monoisotopic (exact) mass is 440 g/mol. The number of rotatable bonds is 6. The number of aryl methyl sites for hydroxylation is 2. The van der Waals surface area contributed by atoms with Crippen LogP contribution in [0.4, 0.5) is 5.69 Å². The Morgan fingerprint density at radius 1 is 0.848 bits per heavy atom. The second kappa shape index (κ2) is 8.47. The van der Waals surface area contributed by atoms with Crippen molar-refractivity contribution in [3.8, 4) is 11.5 Å². The number of fused-ring (bicyclic) bond motifs is 1. The third-order valence-electron chi connectivity index (χ3n) is 6.07. The van der Waals surface area contributed by atoms with Crippen molar-refractivity contribution in [3.63, 3.8) is 0 Å². The van der Waals surface area contributed by atoms with Gasteiger partial charge in [-0.3, -0.25) is 14.5 Å². The molecule has 5 rings (SSSR count). The van der Waals surface area contributed by atoms with Crippen LogP contribution in [0.2, 0.25) is 0 Å². The maximum Gasteiger partial charge on any atom is 0.278 e. The Bertz CT molecular complexity index is 1280. The summed E-state index contributed by atoms with van der Waals surface area (Å²) in [6, 6.07) is 21.0. The molecule has 33 heavy (non-hydrogen) atoms. The summed E-state index contributed by atoms with van der Waals surface area (Å²) in [5, 5.41) is 3.19. The van der Waals surface area contributed by atoms with Gasteiger partial charge < -0.3 is 14.8 Å². The molecule has 0 aliphatic carbocycles. The van der Waals surface area contributed by atoms with E-state index in [4.69, 9.17) is 9.47 Å². The van der Waals surface area contributed by atoms with Crippen LogP contribution in [0.5, 0.6) is 11.5 Å². The van der Waals surface area contributed by atoms with E-state index in [1.807, 2.05) is 68.4 Å². The van der Waals surface area contributed by atoms with Crippen molar-refractivity contribution < 1.29 is 19.1 Å². The van der Waals surface area contributed by atoms with E-state index in [1.54, 1.807) is 12.1 Å². The number of hydrogen-bond acceptors (Lipinski definition) is 5. The van der Waals surface area contributed by atoms with Gasteiger partial charge in [-0.2, -0.15) is 0 Å². The zero-order chi connectivity index (χ0) is 22.9. The fourth-order valence-electron chi connectivity index (χ4n) is 4.06. The highest BCUT2D eigenvalue weighted by Gasteiger charge is 2.39. The van der Waals surface area contributed by atoms with E-state index in [0.717, 1.165) is 22.3 Å². The minimum absolute atomic E-state index is 0.167. The van der Waals surface area contributed by atoms with E-state index in [2.05, 4.69) is 5.32 Å². The molecule has 2 aliphatic heterocycles. The van der Waals surface area contributed by atoms with E-state index >= 15 is 0 Å². The number of carbonyl (C=O) groups excluding carboxylic acids is 2. The van der Waals surface area contributed by atoms with Gasteiger partial charge in [-0.25, -0.2) is 0 Å². The molecule has 6 heteroatoms. The minimum Gasteiger partial charge on any atom is -0.454 e. The van der Waals surface area contributed by atoms with Gasteiger partial charge >= 0.3 is 0 Å². The molecule has 1 N–H and O–H groups in total. The van der Waals surface area contributed by atoms with E-state index in [1.165, 1.54) is 4.90 Å². The zero-order valence-corrected chi connectivity index (χ0v) is 18.6. The molecule has 0 fully saturated rings. The number of hydrogen-bond donors (Lipinski definition) is 1. The number of ether oxygens (including phenoxy) is 2. The number of nitrogens with zero attached hydrogens (tertiary/aromatic N) is 1. The number of nitrogens with one attached hydrogen (secondary N) is 1. The highest BCUT2D eigenvalue weighted by Crippen LogP contribution is 2.36. The van der Waals surface area contributed by atoms with Gasteiger partial charge in [-0.1, -0.05) is 48.5 Å². The molecule has 0 saturated carbocycles. The fraction of sp³-hybridized carbons (Fsp3) is 0.185. The van der Waals surface area contributed by atoms with E-state index in [9.17, 15) is 9.59 Å². The maximum atomic E-state index is 13.5. The molecule has 0 saturated heterocycles. The Labute approximate surface area is 192 Å². The SMILES string of the molecule is Cc1ccc(C2=C(Nc3ccc4c(c3)OCO4)C(=O)N(CCc3ccccc3)C2=O)cc1C. The average molecular weight is 440 g/mol. The van der Waals surface area contributed by atoms with Crippen LogP contribution in [0.15, 0.2) is 72.4 Å². The van der Waals surface area contributed by atoms with Gasteiger partial charge in [0.2, 0.25) is 6.79 Å². The van der Waals surface area contributed by atoms with Gasteiger partial charge in [0.05, 0.1) is 5.57 Å². The lowest BCUT2D eigenvalue weighted by atomic mass is 9.99. The summed E-state index contributed by atoms with van der Waals surface area (Å²) < 4.78 is 10.8. The second-order valence-corrected chi connectivity index (χ2v) is 8.24. The summed E-state index contributed by atoms with van der Waals surface area (Å²) >= 11 is 0. The highest BCUT2D eigenvalue weighted by atomic mass is 16.7. The van der Waals surface area contributed by atoms with Gasteiger partial charge in [-0.15, -0.1) is 0 Å². The zero-order valence-electron chi connectivity index (χ0n) is 18.6. The Hall–Kier alpha value is -4.06. The minimum atomic E-state index is -0.332. The first-order valence-electron chi connectivity index (χ1n) is 10.9. The Balaban J connectivity index is 1.50. The van der Waals surface area contributed by atoms with Gasteiger partial charge in [0.25, 0.3) is 11.8 Å². The summed E-state index contributed by atoms with van der Waals surface area (Å²) in [7, 11) is 0. The first-order valence-corrected chi connectivity index (χ1v) is 10.9. The lowest BCUT2D eigenvalue weighted by molar-refractivity contribution is -0.136. The van der Waals surface area contributed by atoms with Crippen LogP contribution < -0.4 is 14.8 Å². The number of carbonyl (C=O) groups is 2. The van der Waals surface area contributed by atoms with Crippen molar-refractivity contribution in [2.75, 3.05) is 18.7 Å². The predicted octanol–water partition coefficient (Wildman–Crippen LogP) is 4.47. The van der Waals surface area contributed by atoms with Crippen LogP contribution in [-0.4, -0.2) is 30.1 Å². The summed E-state index contributed by atoms with van der Waals surface area (Å²) in [5.74, 6) is 0.637. The van der Waals surface area contributed by atoms with Gasteiger partial charge in [-0.05, 0) is 54.7 Å². The Kier molecular flexibility index (Phi) is 5.34.